The highest BCUT2D eigenvalue weighted by molar-refractivity contribution is 9.10. The van der Waals surface area contributed by atoms with Crippen LogP contribution < -0.4 is 5.32 Å². The number of ether oxygens (including phenoxy) is 1. The summed E-state index contributed by atoms with van der Waals surface area (Å²) in [6, 6.07) is 21.1. The van der Waals surface area contributed by atoms with Gasteiger partial charge in [0.25, 0.3) is 0 Å². The van der Waals surface area contributed by atoms with Gasteiger partial charge in [-0.15, -0.1) is 0 Å². The largest absolute Gasteiger partial charge is 0.449 e. The number of rotatable bonds is 6. The lowest BCUT2D eigenvalue weighted by Gasteiger charge is -2.20. The molecule has 7 heteroatoms. The van der Waals surface area contributed by atoms with E-state index >= 15 is 0 Å². The number of aliphatic hydroxyl groups is 2. The molecule has 3 aromatic carbocycles. The van der Waals surface area contributed by atoms with E-state index in [-0.39, 0.29) is 19.1 Å². The highest BCUT2D eigenvalue weighted by Gasteiger charge is 2.29. The van der Waals surface area contributed by atoms with E-state index in [0.717, 1.165) is 22.3 Å². The Morgan fingerprint density at radius 1 is 1.03 bits per heavy atom. The van der Waals surface area contributed by atoms with E-state index in [4.69, 9.17) is 16.3 Å². The first-order valence-electron chi connectivity index (χ1n) is 9.85. The summed E-state index contributed by atoms with van der Waals surface area (Å²) >= 11 is 9.24. The molecule has 3 aromatic rings. The molecule has 0 radical (unpaired) electrons. The molecule has 31 heavy (non-hydrogen) atoms. The average Bonchev–Trinajstić information content (AvgIpc) is 3.11. The van der Waals surface area contributed by atoms with Gasteiger partial charge in [0.2, 0.25) is 0 Å². The summed E-state index contributed by atoms with van der Waals surface area (Å²) in [4.78, 5) is 12.2. The minimum Gasteiger partial charge on any atom is -0.449 e. The lowest BCUT2D eigenvalue weighted by molar-refractivity contribution is 0.0185. The third-order valence-corrected chi connectivity index (χ3v) is 6.66. The van der Waals surface area contributed by atoms with Gasteiger partial charge in [-0.1, -0.05) is 66.2 Å². The molecule has 1 amide bonds. The number of fused-ring (bicyclic) bond motifs is 3. The second kappa shape index (κ2) is 9.40. The van der Waals surface area contributed by atoms with Crippen molar-refractivity contribution in [3.63, 3.8) is 0 Å². The van der Waals surface area contributed by atoms with Crippen LogP contribution in [0.2, 0.25) is 5.02 Å². The molecule has 0 saturated heterocycles. The number of aliphatic hydroxyl groups excluding tert-OH is 2. The van der Waals surface area contributed by atoms with Crippen LogP contribution in [0.1, 0.15) is 28.7 Å². The maximum Gasteiger partial charge on any atom is 0.407 e. The van der Waals surface area contributed by atoms with Crippen molar-refractivity contribution in [1.29, 1.82) is 0 Å². The Morgan fingerprint density at radius 2 is 1.65 bits per heavy atom. The van der Waals surface area contributed by atoms with Crippen LogP contribution in [-0.2, 0) is 4.74 Å². The van der Waals surface area contributed by atoms with Gasteiger partial charge < -0.3 is 20.3 Å². The summed E-state index contributed by atoms with van der Waals surface area (Å²) in [5.41, 5.74) is 5.04. The van der Waals surface area contributed by atoms with Crippen molar-refractivity contribution in [2.75, 3.05) is 13.2 Å². The third kappa shape index (κ3) is 4.62. The highest BCUT2D eigenvalue weighted by Crippen LogP contribution is 2.44. The van der Waals surface area contributed by atoms with Crippen molar-refractivity contribution in [2.24, 2.45) is 0 Å². The SMILES string of the molecule is O=C(NCC(O)C(O)c1ccc(Cl)c(Br)c1)OCC1c2ccccc2-c2ccccc21. The minimum absolute atomic E-state index is 0.0416. The molecule has 0 spiro atoms. The van der Waals surface area contributed by atoms with Gasteiger partial charge in [0.1, 0.15) is 18.8 Å². The van der Waals surface area contributed by atoms with Gasteiger partial charge in [-0.05, 0) is 55.9 Å². The average molecular weight is 503 g/mol. The van der Waals surface area contributed by atoms with Crippen LogP contribution in [0.25, 0.3) is 11.1 Å². The number of alkyl carbamates (subject to hydrolysis) is 1. The maximum absolute atomic E-state index is 12.2. The zero-order valence-corrected chi connectivity index (χ0v) is 18.8. The number of nitrogens with one attached hydrogen (secondary N) is 1. The number of hydrogen-bond donors (Lipinski definition) is 3. The van der Waals surface area contributed by atoms with Crippen LogP contribution in [0.5, 0.6) is 0 Å². The van der Waals surface area contributed by atoms with E-state index < -0.39 is 18.3 Å². The summed E-state index contributed by atoms with van der Waals surface area (Å²) in [7, 11) is 0. The van der Waals surface area contributed by atoms with Crippen molar-refractivity contribution in [3.05, 3.63) is 92.9 Å². The molecule has 0 heterocycles. The van der Waals surface area contributed by atoms with Gasteiger partial charge >= 0.3 is 6.09 Å². The molecule has 0 fully saturated rings. The van der Waals surface area contributed by atoms with Crippen molar-refractivity contribution in [1.82, 2.24) is 5.32 Å². The molecule has 4 rings (SSSR count). The van der Waals surface area contributed by atoms with Crippen molar-refractivity contribution >= 4 is 33.6 Å². The van der Waals surface area contributed by atoms with Gasteiger partial charge in [0.15, 0.2) is 0 Å². The van der Waals surface area contributed by atoms with Gasteiger partial charge in [0.05, 0.1) is 5.02 Å². The summed E-state index contributed by atoms with van der Waals surface area (Å²) in [5, 5.41) is 23.6. The standard InChI is InChI=1S/C24H21BrClNO4/c25-20-11-14(9-10-21(20)26)23(29)22(28)12-27-24(30)31-13-19-17-7-3-1-5-15(17)16-6-2-4-8-18(16)19/h1-11,19,22-23,28-29H,12-13H2,(H,27,30). The molecule has 0 aliphatic heterocycles. The normalized spacial score (nSPS) is 14.5. The first kappa shape index (κ1) is 21.8. The lowest BCUT2D eigenvalue weighted by Crippen LogP contribution is -2.36. The van der Waals surface area contributed by atoms with Gasteiger partial charge in [0, 0.05) is 16.9 Å². The van der Waals surface area contributed by atoms with Crippen molar-refractivity contribution in [3.8, 4) is 11.1 Å². The Morgan fingerprint density at radius 3 is 2.26 bits per heavy atom. The monoisotopic (exact) mass is 501 g/mol. The summed E-state index contributed by atoms with van der Waals surface area (Å²) in [6.45, 7) is 0.0285. The van der Waals surface area contributed by atoms with Gasteiger partial charge in [-0.3, -0.25) is 0 Å². The van der Waals surface area contributed by atoms with E-state index in [9.17, 15) is 15.0 Å². The first-order valence-corrected chi connectivity index (χ1v) is 11.0. The molecule has 0 aromatic heterocycles. The van der Waals surface area contributed by atoms with Gasteiger partial charge in [-0.2, -0.15) is 0 Å². The molecule has 1 aliphatic rings. The Balaban J connectivity index is 1.34. The number of amides is 1. The Bertz CT molecular complexity index is 1060. The van der Waals surface area contributed by atoms with Crippen LogP contribution in [0.15, 0.2) is 71.2 Å². The maximum atomic E-state index is 12.2. The van der Waals surface area contributed by atoms with E-state index in [0.29, 0.717) is 15.1 Å². The number of halogens is 2. The fourth-order valence-electron chi connectivity index (χ4n) is 3.87. The van der Waals surface area contributed by atoms with E-state index in [2.05, 4.69) is 33.4 Å². The fourth-order valence-corrected chi connectivity index (χ4v) is 4.38. The zero-order valence-electron chi connectivity index (χ0n) is 16.5. The number of hydrogen-bond acceptors (Lipinski definition) is 4. The Hall–Kier alpha value is -2.38. The second-order valence-electron chi connectivity index (χ2n) is 7.39. The first-order chi connectivity index (χ1) is 15.0. The summed E-state index contributed by atoms with van der Waals surface area (Å²) in [5.74, 6) is -0.0416. The van der Waals surface area contributed by atoms with Crippen LogP contribution in [0, 0.1) is 0 Å². The van der Waals surface area contributed by atoms with Crippen LogP contribution >= 0.6 is 27.5 Å². The molecule has 0 bridgehead atoms. The summed E-state index contributed by atoms with van der Waals surface area (Å²) in [6.07, 6.45) is -3.03. The molecular weight excluding hydrogens is 482 g/mol. The lowest BCUT2D eigenvalue weighted by atomic mass is 9.98. The van der Waals surface area contributed by atoms with Crippen molar-refractivity contribution < 1.29 is 19.7 Å². The topological polar surface area (TPSA) is 78.8 Å². The predicted octanol–water partition coefficient (Wildman–Crippen LogP) is 5.04. The smallest absolute Gasteiger partial charge is 0.407 e. The molecule has 5 nitrogen and oxygen atoms in total. The molecular formula is C24H21BrClNO4. The number of carbonyl (C=O) groups is 1. The molecule has 160 valence electrons. The van der Waals surface area contributed by atoms with Crippen LogP contribution in [0.3, 0.4) is 0 Å². The second-order valence-corrected chi connectivity index (χ2v) is 8.65. The molecule has 0 saturated carbocycles. The summed E-state index contributed by atoms with van der Waals surface area (Å²) < 4.78 is 6.06. The van der Waals surface area contributed by atoms with E-state index in [1.165, 1.54) is 0 Å². The highest BCUT2D eigenvalue weighted by atomic mass is 79.9. The van der Waals surface area contributed by atoms with E-state index in [1.807, 2.05) is 36.4 Å². The number of carbonyl (C=O) groups excluding carboxylic acids is 1. The molecule has 3 N–H and O–H groups in total. The minimum atomic E-state index is -1.20. The third-order valence-electron chi connectivity index (χ3n) is 5.45. The Kier molecular flexibility index (Phi) is 6.62. The van der Waals surface area contributed by atoms with Crippen LogP contribution in [-0.4, -0.2) is 35.6 Å². The molecule has 2 atom stereocenters. The quantitative estimate of drug-likeness (QED) is 0.441. The van der Waals surface area contributed by atoms with E-state index in [1.54, 1.807) is 18.2 Å². The van der Waals surface area contributed by atoms with Crippen LogP contribution in [0.4, 0.5) is 4.79 Å². The molecule has 2 unspecified atom stereocenters. The Labute approximate surface area is 193 Å². The number of benzene rings is 3. The van der Waals surface area contributed by atoms with Gasteiger partial charge in [-0.25, -0.2) is 4.79 Å². The zero-order chi connectivity index (χ0) is 22.0. The fraction of sp³-hybridized carbons (Fsp3) is 0.208. The predicted molar refractivity (Wildman–Crippen MR) is 123 cm³/mol. The molecule has 1 aliphatic carbocycles. The van der Waals surface area contributed by atoms with Crippen molar-refractivity contribution in [2.45, 2.75) is 18.1 Å².